The van der Waals surface area contributed by atoms with Gasteiger partial charge in [0.1, 0.15) is 5.82 Å². The van der Waals surface area contributed by atoms with E-state index in [0.29, 0.717) is 24.1 Å². The Morgan fingerprint density at radius 3 is 2.83 bits per heavy atom. The highest BCUT2D eigenvalue weighted by Crippen LogP contribution is 2.43. The van der Waals surface area contributed by atoms with Crippen molar-refractivity contribution in [1.29, 1.82) is 0 Å². The molecule has 4 rings (SSSR count). The number of pyridine rings is 1. The predicted octanol–water partition coefficient (Wildman–Crippen LogP) is 4.19. The van der Waals surface area contributed by atoms with Crippen molar-refractivity contribution in [3.05, 3.63) is 53.4 Å². The number of hydrogen-bond acceptors (Lipinski definition) is 4. The summed E-state index contributed by atoms with van der Waals surface area (Å²) in [4.78, 5) is 11.4. The van der Waals surface area contributed by atoms with Crippen LogP contribution < -0.4 is 9.64 Å². The van der Waals surface area contributed by atoms with Crippen molar-refractivity contribution in [2.75, 3.05) is 11.5 Å². The molecule has 24 heavy (non-hydrogen) atoms. The Kier molecular flexibility index (Phi) is 3.65. The summed E-state index contributed by atoms with van der Waals surface area (Å²) in [6, 6.07) is 11.7. The molecule has 0 N–H and O–H groups in total. The van der Waals surface area contributed by atoms with Crippen LogP contribution in [0.15, 0.2) is 42.7 Å². The molecule has 0 spiro atoms. The Balaban J connectivity index is 1.93. The smallest absolute Gasteiger partial charge is 0.215 e. The van der Waals surface area contributed by atoms with Crippen LogP contribution in [0.25, 0.3) is 11.3 Å². The minimum absolute atomic E-state index is 0.578. The molecule has 0 saturated carbocycles. The van der Waals surface area contributed by atoms with Crippen molar-refractivity contribution in [3.63, 3.8) is 0 Å². The fourth-order valence-electron chi connectivity index (χ4n) is 3.08. The first-order valence-electron chi connectivity index (χ1n) is 7.85. The highest BCUT2D eigenvalue weighted by Gasteiger charge is 2.29. The summed E-state index contributed by atoms with van der Waals surface area (Å²) in [6.07, 6.45) is 1.83. The normalized spacial score (nSPS) is 12.7. The monoisotopic (exact) mass is 340 g/mol. The summed E-state index contributed by atoms with van der Waals surface area (Å²) in [7, 11) is 2.00. The number of halogens is 1. The van der Waals surface area contributed by atoms with Crippen molar-refractivity contribution in [3.8, 4) is 17.1 Å². The molecule has 1 aliphatic rings. The van der Waals surface area contributed by atoms with E-state index in [-0.39, 0.29) is 0 Å². The van der Waals surface area contributed by atoms with Crippen molar-refractivity contribution < 1.29 is 4.74 Å². The summed E-state index contributed by atoms with van der Waals surface area (Å²) >= 11 is 6.43. The van der Waals surface area contributed by atoms with Gasteiger partial charge >= 0.3 is 0 Å². The van der Waals surface area contributed by atoms with Crippen molar-refractivity contribution in [2.45, 2.75) is 13.5 Å². The number of aromatic nitrogens is 3. The number of ether oxygens (including phenoxy) is 1. The molecule has 0 radical (unpaired) electrons. The van der Waals surface area contributed by atoms with Crippen LogP contribution in [0.5, 0.6) is 5.88 Å². The molecule has 1 aliphatic heterocycles. The van der Waals surface area contributed by atoms with Gasteiger partial charge in [-0.1, -0.05) is 23.7 Å². The van der Waals surface area contributed by atoms with Gasteiger partial charge in [0, 0.05) is 18.7 Å². The Morgan fingerprint density at radius 1 is 1.21 bits per heavy atom. The molecule has 0 aliphatic carbocycles. The molecule has 0 atom stereocenters. The van der Waals surface area contributed by atoms with E-state index in [1.165, 1.54) is 0 Å². The Morgan fingerprint density at radius 2 is 2.04 bits per heavy atom. The van der Waals surface area contributed by atoms with E-state index in [1.807, 2.05) is 61.3 Å². The van der Waals surface area contributed by atoms with E-state index in [4.69, 9.17) is 21.3 Å². The lowest BCUT2D eigenvalue weighted by Crippen LogP contribution is -2.23. The topological polar surface area (TPSA) is 43.2 Å². The second-order valence-corrected chi connectivity index (χ2v) is 6.05. The number of para-hydroxylation sites is 1. The molecule has 0 amide bonds. The fraction of sp³-hybridized carbons (Fsp3) is 0.222. The third-order valence-corrected chi connectivity index (χ3v) is 4.44. The van der Waals surface area contributed by atoms with E-state index in [0.717, 1.165) is 28.5 Å². The Bertz CT molecular complexity index is 906. The van der Waals surface area contributed by atoms with Crippen LogP contribution in [0.2, 0.25) is 5.02 Å². The lowest BCUT2D eigenvalue weighted by molar-refractivity contribution is 0.327. The first kappa shape index (κ1) is 15.0. The SMILES string of the molecule is CCOc1ccc2c(n1)N(c1ccccc1Cl)Cc1ncn(C)c1-2. The number of rotatable bonds is 3. The average molecular weight is 341 g/mol. The van der Waals surface area contributed by atoms with Gasteiger partial charge in [-0.2, -0.15) is 4.98 Å². The quantitative estimate of drug-likeness (QED) is 0.717. The molecular weight excluding hydrogens is 324 g/mol. The molecule has 0 unspecified atom stereocenters. The Hall–Kier alpha value is -2.53. The average Bonchev–Trinajstić information content (AvgIpc) is 2.96. The van der Waals surface area contributed by atoms with Gasteiger partial charge in [0.2, 0.25) is 5.88 Å². The number of fused-ring (bicyclic) bond motifs is 3. The zero-order valence-corrected chi connectivity index (χ0v) is 14.3. The molecule has 3 heterocycles. The van der Waals surface area contributed by atoms with Gasteiger partial charge in [-0.25, -0.2) is 4.98 Å². The number of aryl methyl sites for hydroxylation is 1. The maximum atomic E-state index is 6.43. The van der Waals surface area contributed by atoms with Crippen LogP contribution >= 0.6 is 11.6 Å². The third kappa shape index (κ3) is 2.32. The second kappa shape index (κ2) is 5.83. The van der Waals surface area contributed by atoms with Gasteiger partial charge in [-0.05, 0) is 25.1 Å². The molecule has 3 aromatic rings. The summed E-state index contributed by atoms with van der Waals surface area (Å²) in [5.41, 5.74) is 4.04. The van der Waals surface area contributed by atoms with E-state index >= 15 is 0 Å². The Labute approximate surface area is 145 Å². The van der Waals surface area contributed by atoms with Gasteiger partial charge in [-0.15, -0.1) is 0 Å². The van der Waals surface area contributed by atoms with Crippen LogP contribution in [0, 0.1) is 0 Å². The minimum Gasteiger partial charge on any atom is -0.478 e. The van der Waals surface area contributed by atoms with Crippen molar-refractivity contribution in [2.24, 2.45) is 7.05 Å². The maximum Gasteiger partial charge on any atom is 0.215 e. The van der Waals surface area contributed by atoms with E-state index in [9.17, 15) is 0 Å². The van der Waals surface area contributed by atoms with Gasteiger partial charge < -0.3 is 14.2 Å². The first-order valence-corrected chi connectivity index (χ1v) is 8.23. The molecule has 0 saturated heterocycles. The van der Waals surface area contributed by atoms with Crippen LogP contribution in [-0.4, -0.2) is 21.1 Å². The van der Waals surface area contributed by atoms with E-state index in [2.05, 4.69) is 9.88 Å². The van der Waals surface area contributed by atoms with E-state index in [1.54, 1.807) is 0 Å². The summed E-state index contributed by atoms with van der Waals surface area (Å²) < 4.78 is 7.62. The third-order valence-electron chi connectivity index (χ3n) is 4.12. The molecule has 6 heteroatoms. The highest BCUT2D eigenvalue weighted by molar-refractivity contribution is 6.33. The standard InChI is InChI=1S/C18H17ClN4O/c1-3-24-16-9-8-12-17-14(20-11-22(17)2)10-23(18(12)21-16)15-7-5-4-6-13(15)19/h4-9,11H,3,10H2,1-2H3. The van der Waals surface area contributed by atoms with Gasteiger partial charge in [0.15, 0.2) is 0 Å². The van der Waals surface area contributed by atoms with Gasteiger partial charge in [0.25, 0.3) is 0 Å². The zero-order chi connectivity index (χ0) is 16.7. The van der Waals surface area contributed by atoms with Gasteiger partial charge in [0.05, 0.1) is 41.6 Å². The van der Waals surface area contributed by atoms with Crippen molar-refractivity contribution in [1.82, 2.24) is 14.5 Å². The molecule has 5 nitrogen and oxygen atoms in total. The number of hydrogen-bond donors (Lipinski definition) is 0. The maximum absolute atomic E-state index is 6.43. The molecule has 122 valence electrons. The number of imidazole rings is 1. The number of nitrogens with zero attached hydrogens (tertiary/aromatic N) is 4. The van der Waals surface area contributed by atoms with Crippen molar-refractivity contribution >= 4 is 23.1 Å². The summed E-state index contributed by atoms with van der Waals surface area (Å²) in [6.45, 7) is 3.15. The number of anilines is 2. The summed E-state index contributed by atoms with van der Waals surface area (Å²) in [5, 5.41) is 0.687. The second-order valence-electron chi connectivity index (χ2n) is 5.64. The van der Waals surface area contributed by atoms with Crippen LogP contribution in [0.1, 0.15) is 12.6 Å². The fourth-order valence-corrected chi connectivity index (χ4v) is 3.32. The molecule has 0 fully saturated rings. The van der Waals surface area contributed by atoms with Crippen LogP contribution in [-0.2, 0) is 13.6 Å². The zero-order valence-electron chi connectivity index (χ0n) is 13.5. The largest absolute Gasteiger partial charge is 0.478 e. The minimum atomic E-state index is 0.578. The van der Waals surface area contributed by atoms with Crippen LogP contribution in [0.3, 0.4) is 0 Å². The lowest BCUT2D eigenvalue weighted by Gasteiger charge is -2.30. The van der Waals surface area contributed by atoms with Gasteiger partial charge in [-0.3, -0.25) is 0 Å². The molecular formula is C18H17ClN4O. The van der Waals surface area contributed by atoms with E-state index < -0.39 is 0 Å². The number of benzene rings is 1. The lowest BCUT2D eigenvalue weighted by atomic mass is 10.0. The molecule has 0 bridgehead atoms. The summed E-state index contributed by atoms with van der Waals surface area (Å²) in [5.74, 6) is 1.45. The van der Waals surface area contributed by atoms with Crippen LogP contribution in [0.4, 0.5) is 11.5 Å². The molecule has 2 aromatic heterocycles. The first-order chi connectivity index (χ1) is 11.7. The molecule has 1 aromatic carbocycles. The predicted molar refractivity (Wildman–Crippen MR) is 94.9 cm³/mol. The highest BCUT2D eigenvalue weighted by atomic mass is 35.5.